The molecule has 6 heteroatoms. The SMILES string of the molecule is CCCCCCCCCCC/C=C/CC/C=C/CCCC(O)C(O)C(CO)NC(=O)C(O)CCCCCCCCCCCCCCCCCC/C=C\CCCCCCCCCCCCCCCCCCCC. The molecule has 0 fully saturated rings. The molecule has 426 valence electrons. The smallest absolute Gasteiger partial charge is 0.249 e. The first-order chi connectivity index (χ1) is 35.5. The Morgan fingerprint density at radius 3 is 0.875 bits per heavy atom. The highest BCUT2D eigenvalue weighted by atomic mass is 16.3. The molecule has 4 unspecified atom stereocenters. The molecule has 6 nitrogen and oxygen atoms in total. The second-order valence-electron chi connectivity index (χ2n) is 22.4. The normalized spacial score (nSPS) is 13.8. The zero-order valence-corrected chi connectivity index (χ0v) is 48.4. The third-order valence-electron chi connectivity index (χ3n) is 15.3. The summed E-state index contributed by atoms with van der Waals surface area (Å²) in [4.78, 5) is 12.6. The Morgan fingerprint density at radius 1 is 0.333 bits per heavy atom. The van der Waals surface area contributed by atoms with Crippen LogP contribution in [0, 0.1) is 0 Å². The van der Waals surface area contributed by atoms with Crippen molar-refractivity contribution in [2.75, 3.05) is 6.61 Å². The minimum atomic E-state index is -1.29. The summed E-state index contributed by atoms with van der Waals surface area (Å²) in [5, 5.41) is 44.0. The maximum atomic E-state index is 12.6. The average molecular weight is 1010 g/mol. The van der Waals surface area contributed by atoms with Gasteiger partial charge >= 0.3 is 0 Å². The van der Waals surface area contributed by atoms with E-state index in [1.165, 1.54) is 276 Å². The van der Waals surface area contributed by atoms with Crippen molar-refractivity contribution in [2.24, 2.45) is 0 Å². The molecular weight excluding hydrogens is 887 g/mol. The molecular formula is C66H127NO5. The summed E-state index contributed by atoms with van der Waals surface area (Å²) in [7, 11) is 0. The highest BCUT2D eigenvalue weighted by Gasteiger charge is 2.28. The van der Waals surface area contributed by atoms with E-state index in [1.807, 2.05) is 0 Å². The third-order valence-corrected chi connectivity index (χ3v) is 15.3. The summed E-state index contributed by atoms with van der Waals surface area (Å²) in [6.45, 7) is 4.07. The van der Waals surface area contributed by atoms with E-state index in [4.69, 9.17) is 0 Å². The van der Waals surface area contributed by atoms with Crippen molar-refractivity contribution in [1.29, 1.82) is 0 Å². The van der Waals surface area contributed by atoms with Crippen LogP contribution in [-0.4, -0.2) is 57.3 Å². The molecule has 1 amide bonds. The number of amides is 1. The highest BCUT2D eigenvalue weighted by Crippen LogP contribution is 2.18. The summed E-state index contributed by atoms with van der Waals surface area (Å²) in [6.07, 6.45) is 76.9. The van der Waals surface area contributed by atoms with Gasteiger partial charge in [-0.25, -0.2) is 0 Å². The van der Waals surface area contributed by atoms with Crippen LogP contribution in [0.25, 0.3) is 0 Å². The first-order valence-corrected chi connectivity index (χ1v) is 32.4. The maximum Gasteiger partial charge on any atom is 0.249 e. The van der Waals surface area contributed by atoms with Crippen molar-refractivity contribution in [3.63, 3.8) is 0 Å². The van der Waals surface area contributed by atoms with Gasteiger partial charge in [-0.05, 0) is 77.0 Å². The van der Waals surface area contributed by atoms with Crippen molar-refractivity contribution in [1.82, 2.24) is 5.32 Å². The van der Waals surface area contributed by atoms with Gasteiger partial charge in [0.05, 0.1) is 18.8 Å². The molecule has 0 heterocycles. The van der Waals surface area contributed by atoms with Gasteiger partial charge in [0.1, 0.15) is 12.2 Å². The second kappa shape index (κ2) is 60.4. The van der Waals surface area contributed by atoms with E-state index in [0.29, 0.717) is 19.3 Å². The van der Waals surface area contributed by atoms with Crippen LogP contribution in [0.15, 0.2) is 36.5 Å². The number of unbranched alkanes of at least 4 members (excludes halogenated alkanes) is 45. The quantitative estimate of drug-likeness (QED) is 0.0308. The van der Waals surface area contributed by atoms with Crippen molar-refractivity contribution in [3.8, 4) is 0 Å². The number of aliphatic hydroxyl groups is 4. The van der Waals surface area contributed by atoms with Crippen molar-refractivity contribution < 1.29 is 25.2 Å². The van der Waals surface area contributed by atoms with E-state index < -0.39 is 36.9 Å². The van der Waals surface area contributed by atoms with Gasteiger partial charge < -0.3 is 25.7 Å². The topological polar surface area (TPSA) is 110 Å². The van der Waals surface area contributed by atoms with E-state index in [9.17, 15) is 25.2 Å². The fourth-order valence-corrected chi connectivity index (χ4v) is 10.2. The molecule has 0 rings (SSSR count). The molecule has 0 saturated heterocycles. The summed E-state index contributed by atoms with van der Waals surface area (Å²) < 4.78 is 0. The monoisotopic (exact) mass is 1010 g/mol. The predicted molar refractivity (Wildman–Crippen MR) is 316 cm³/mol. The summed E-state index contributed by atoms with van der Waals surface area (Å²) >= 11 is 0. The fourth-order valence-electron chi connectivity index (χ4n) is 10.2. The maximum absolute atomic E-state index is 12.6. The summed E-state index contributed by atoms with van der Waals surface area (Å²) in [6, 6.07) is -1.01. The molecule has 0 bridgehead atoms. The lowest BCUT2D eigenvalue weighted by Gasteiger charge is -2.27. The van der Waals surface area contributed by atoms with Gasteiger partial charge in [0.25, 0.3) is 0 Å². The summed E-state index contributed by atoms with van der Waals surface area (Å²) in [5.41, 5.74) is 0. The Hall–Kier alpha value is -1.47. The number of hydrogen-bond donors (Lipinski definition) is 5. The molecule has 0 aliphatic carbocycles. The number of rotatable bonds is 60. The molecule has 72 heavy (non-hydrogen) atoms. The van der Waals surface area contributed by atoms with Crippen LogP contribution in [0.2, 0.25) is 0 Å². The van der Waals surface area contributed by atoms with Crippen LogP contribution < -0.4 is 5.32 Å². The van der Waals surface area contributed by atoms with E-state index in [2.05, 4.69) is 55.6 Å². The van der Waals surface area contributed by atoms with Gasteiger partial charge in [-0.3, -0.25) is 4.79 Å². The van der Waals surface area contributed by atoms with Gasteiger partial charge in [0.15, 0.2) is 0 Å². The molecule has 0 radical (unpaired) electrons. The van der Waals surface area contributed by atoms with Crippen molar-refractivity contribution >= 4 is 5.91 Å². The first kappa shape index (κ1) is 70.5. The molecule has 5 N–H and O–H groups in total. The molecule has 0 spiro atoms. The number of hydrogen-bond acceptors (Lipinski definition) is 5. The van der Waals surface area contributed by atoms with Gasteiger partial charge in [0.2, 0.25) is 5.91 Å². The number of allylic oxidation sites excluding steroid dienone is 6. The molecule has 0 aromatic heterocycles. The van der Waals surface area contributed by atoms with Gasteiger partial charge in [0, 0.05) is 0 Å². The highest BCUT2D eigenvalue weighted by molar-refractivity contribution is 5.80. The Morgan fingerprint density at radius 2 is 0.583 bits per heavy atom. The number of nitrogens with one attached hydrogen (secondary N) is 1. The molecule has 0 saturated carbocycles. The molecule has 4 atom stereocenters. The zero-order chi connectivity index (χ0) is 52.3. The van der Waals surface area contributed by atoms with Crippen LogP contribution >= 0.6 is 0 Å². The average Bonchev–Trinajstić information content (AvgIpc) is 3.39. The van der Waals surface area contributed by atoms with Crippen LogP contribution in [0.3, 0.4) is 0 Å². The van der Waals surface area contributed by atoms with Crippen molar-refractivity contribution in [2.45, 2.75) is 372 Å². The lowest BCUT2D eigenvalue weighted by molar-refractivity contribution is -0.132. The Balaban J connectivity index is 3.54. The van der Waals surface area contributed by atoms with Crippen LogP contribution in [0.5, 0.6) is 0 Å². The standard InChI is InChI=1S/C66H127NO5/c1-3-5-7-9-11-13-15-17-19-21-23-24-25-26-27-28-29-30-31-32-33-34-35-36-37-38-39-40-41-42-44-46-48-50-52-54-56-58-60-64(70)66(72)67-62(61-68)65(71)63(69)59-57-55-53-51-49-47-45-43-22-20-18-16-14-12-10-8-6-4-2/h32-33,43,45,51,53,62-65,68-71H,3-31,34-42,44,46-50,52,54-61H2,1-2H3,(H,67,72)/b33-32-,45-43+,53-51+. The van der Waals surface area contributed by atoms with E-state index in [1.54, 1.807) is 0 Å². The number of carbonyl (C=O) groups excluding carboxylic acids is 1. The fraction of sp³-hybridized carbons (Fsp3) is 0.894. The van der Waals surface area contributed by atoms with Crippen molar-refractivity contribution in [3.05, 3.63) is 36.5 Å². The van der Waals surface area contributed by atoms with E-state index >= 15 is 0 Å². The molecule has 0 aromatic carbocycles. The second-order valence-corrected chi connectivity index (χ2v) is 22.4. The Kier molecular flexibility index (Phi) is 59.2. The summed E-state index contributed by atoms with van der Waals surface area (Å²) in [5.74, 6) is -0.593. The van der Waals surface area contributed by atoms with E-state index in [0.717, 1.165) is 38.5 Å². The van der Waals surface area contributed by atoms with Crippen LogP contribution in [0.4, 0.5) is 0 Å². The lowest BCUT2D eigenvalue weighted by Crippen LogP contribution is -2.53. The van der Waals surface area contributed by atoms with E-state index in [-0.39, 0.29) is 0 Å². The molecule has 0 aliphatic heterocycles. The van der Waals surface area contributed by atoms with Crippen LogP contribution in [0.1, 0.15) is 348 Å². The zero-order valence-electron chi connectivity index (χ0n) is 48.4. The van der Waals surface area contributed by atoms with Crippen LogP contribution in [-0.2, 0) is 4.79 Å². The predicted octanol–water partition coefficient (Wildman–Crippen LogP) is 19.5. The minimum Gasteiger partial charge on any atom is -0.394 e. The largest absolute Gasteiger partial charge is 0.394 e. The molecule has 0 aromatic rings. The van der Waals surface area contributed by atoms with Gasteiger partial charge in [-0.15, -0.1) is 0 Å². The number of carbonyl (C=O) groups is 1. The molecule has 0 aliphatic rings. The third kappa shape index (κ3) is 53.4. The first-order valence-electron chi connectivity index (χ1n) is 32.4. The number of aliphatic hydroxyl groups excluding tert-OH is 4. The Labute approximate surface area is 449 Å². The van der Waals surface area contributed by atoms with Gasteiger partial charge in [-0.1, -0.05) is 307 Å². The van der Waals surface area contributed by atoms with Gasteiger partial charge in [-0.2, -0.15) is 0 Å². The minimum absolute atomic E-state index is 0.362. The lowest BCUT2D eigenvalue weighted by atomic mass is 10.00. The Bertz CT molecular complexity index is 1140.